The highest BCUT2D eigenvalue weighted by atomic mass is 19.1. The fourth-order valence-corrected chi connectivity index (χ4v) is 1.29. The molecule has 0 saturated carbocycles. The van der Waals surface area contributed by atoms with E-state index in [4.69, 9.17) is 5.73 Å². The van der Waals surface area contributed by atoms with Gasteiger partial charge in [0.1, 0.15) is 5.82 Å². The molecule has 0 fully saturated rings. The van der Waals surface area contributed by atoms with Gasteiger partial charge >= 0.3 is 0 Å². The normalized spacial score (nSPS) is 15.4. The highest BCUT2D eigenvalue weighted by Crippen LogP contribution is 2.19. The summed E-state index contributed by atoms with van der Waals surface area (Å²) in [6.07, 6.45) is 2.43. The minimum absolute atomic E-state index is 0.0220. The third-order valence-corrected chi connectivity index (χ3v) is 2.33. The van der Waals surface area contributed by atoms with Crippen LogP contribution in [0.5, 0.6) is 0 Å². The fourth-order valence-electron chi connectivity index (χ4n) is 1.29. The van der Waals surface area contributed by atoms with Crippen LogP contribution in [0.2, 0.25) is 0 Å². The molecule has 0 aliphatic rings. The van der Waals surface area contributed by atoms with E-state index in [1.807, 2.05) is 13.8 Å². The molecule has 2 nitrogen and oxygen atoms in total. The quantitative estimate of drug-likeness (QED) is 0.777. The summed E-state index contributed by atoms with van der Waals surface area (Å²) in [5, 5.41) is 0. The highest BCUT2D eigenvalue weighted by molar-refractivity contribution is 5.13. The molecular formula is C10H15FN2. The molecular weight excluding hydrogens is 167 g/mol. The van der Waals surface area contributed by atoms with Crippen molar-refractivity contribution in [2.24, 2.45) is 5.73 Å². The zero-order valence-electron chi connectivity index (χ0n) is 8.00. The molecule has 72 valence electrons. The van der Waals surface area contributed by atoms with Crippen LogP contribution >= 0.6 is 0 Å². The molecule has 0 aliphatic carbocycles. The fraction of sp³-hybridized carbons (Fsp3) is 0.500. The molecule has 3 heteroatoms. The Morgan fingerprint density at radius 2 is 2.31 bits per heavy atom. The first kappa shape index (κ1) is 10.1. The van der Waals surface area contributed by atoms with Crippen molar-refractivity contribution in [3.05, 3.63) is 29.8 Å². The van der Waals surface area contributed by atoms with Crippen LogP contribution in [0.4, 0.5) is 4.39 Å². The predicted octanol–water partition coefficient (Wildman–Crippen LogP) is 2.06. The Morgan fingerprint density at radius 3 is 2.85 bits per heavy atom. The molecule has 2 N–H and O–H groups in total. The summed E-state index contributed by atoms with van der Waals surface area (Å²) in [6, 6.07) is 2.98. The average molecular weight is 182 g/mol. The Hall–Kier alpha value is -0.960. The predicted molar refractivity (Wildman–Crippen MR) is 50.9 cm³/mol. The van der Waals surface area contributed by atoms with Gasteiger partial charge in [-0.05, 0) is 18.6 Å². The van der Waals surface area contributed by atoms with E-state index in [2.05, 4.69) is 4.98 Å². The molecule has 1 rings (SSSR count). The summed E-state index contributed by atoms with van der Waals surface area (Å²) in [6.45, 7) is 3.89. The summed E-state index contributed by atoms with van der Waals surface area (Å²) >= 11 is 0. The van der Waals surface area contributed by atoms with Crippen LogP contribution in [-0.2, 0) is 0 Å². The molecule has 0 radical (unpaired) electrons. The van der Waals surface area contributed by atoms with Crippen LogP contribution in [0.25, 0.3) is 0 Å². The standard InChI is InChI=1S/C10H15FN2/c1-3-9(12)7(2)10-8(11)5-4-6-13-10/h4-7,9H,3,12H2,1-2H3. The molecule has 0 saturated heterocycles. The topological polar surface area (TPSA) is 38.9 Å². The van der Waals surface area contributed by atoms with Crippen molar-refractivity contribution in [1.29, 1.82) is 0 Å². The van der Waals surface area contributed by atoms with Gasteiger partial charge in [0.2, 0.25) is 0 Å². The minimum atomic E-state index is -0.265. The lowest BCUT2D eigenvalue weighted by molar-refractivity contribution is 0.503. The number of hydrogen-bond acceptors (Lipinski definition) is 2. The van der Waals surface area contributed by atoms with E-state index in [0.29, 0.717) is 5.69 Å². The molecule has 0 spiro atoms. The second-order valence-corrected chi connectivity index (χ2v) is 3.23. The first-order chi connectivity index (χ1) is 6.16. The van der Waals surface area contributed by atoms with Gasteiger partial charge < -0.3 is 5.73 Å². The number of rotatable bonds is 3. The van der Waals surface area contributed by atoms with Crippen LogP contribution in [0.15, 0.2) is 18.3 Å². The third-order valence-electron chi connectivity index (χ3n) is 2.33. The van der Waals surface area contributed by atoms with Crippen LogP contribution in [0, 0.1) is 5.82 Å². The average Bonchev–Trinajstić information content (AvgIpc) is 2.16. The number of halogens is 1. The number of aromatic nitrogens is 1. The number of hydrogen-bond donors (Lipinski definition) is 1. The van der Waals surface area contributed by atoms with E-state index in [0.717, 1.165) is 6.42 Å². The zero-order valence-corrected chi connectivity index (χ0v) is 8.00. The van der Waals surface area contributed by atoms with Crippen molar-refractivity contribution in [2.75, 3.05) is 0 Å². The van der Waals surface area contributed by atoms with Crippen molar-refractivity contribution < 1.29 is 4.39 Å². The molecule has 2 atom stereocenters. The van der Waals surface area contributed by atoms with E-state index in [9.17, 15) is 4.39 Å². The number of nitrogens with zero attached hydrogens (tertiary/aromatic N) is 1. The largest absolute Gasteiger partial charge is 0.327 e. The molecule has 0 amide bonds. The van der Waals surface area contributed by atoms with Crippen LogP contribution < -0.4 is 5.73 Å². The van der Waals surface area contributed by atoms with Crippen molar-refractivity contribution in [3.63, 3.8) is 0 Å². The van der Waals surface area contributed by atoms with Gasteiger partial charge in [0, 0.05) is 18.2 Å². The maximum atomic E-state index is 13.2. The second kappa shape index (κ2) is 4.33. The minimum Gasteiger partial charge on any atom is -0.327 e. The maximum absolute atomic E-state index is 13.2. The maximum Gasteiger partial charge on any atom is 0.145 e. The summed E-state index contributed by atoms with van der Waals surface area (Å²) in [7, 11) is 0. The van der Waals surface area contributed by atoms with E-state index in [-0.39, 0.29) is 17.8 Å². The Balaban J connectivity index is 2.88. The van der Waals surface area contributed by atoms with Gasteiger partial charge in [-0.2, -0.15) is 0 Å². The third kappa shape index (κ3) is 2.25. The second-order valence-electron chi connectivity index (χ2n) is 3.23. The zero-order chi connectivity index (χ0) is 9.84. The molecule has 0 bridgehead atoms. The molecule has 13 heavy (non-hydrogen) atoms. The first-order valence-corrected chi connectivity index (χ1v) is 4.52. The van der Waals surface area contributed by atoms with Crippen LogP contribution in [0.3, 0.4) is 0 Å². The lowest BCUT2D eigenvalue weighted by Gasteiger charge is -2.17. The van der Waals surface area contributed by atoms with Gasteiger partial charge in [-0.3, -0.25) is 4.98 Å². The Kier molecular flexibility index (Phi) is 3.37. The Labute approximate surface area is 78.0 Å². The lowest BCUT2D eigenvalue weighted by Crippen LogP contribution is -2.26. The van der Waals surface area contributed by atoms with Gasteiger partial charge in [0.05, 0.1) is 5.69 Å². The van der Waals surface area contributed by atoms with Gasteiger partial charge in [0.25, 0.3) is 0 Å². The lowest BCUT2D eigenvalue weighted by atomic mass is 9.96. The van der Waals surface area contributed by atoms with Gasteiger partial charge in [-0.15, -0.1) is 0 Å². The SMILES string of the molecule is CCC(N)C(C)c1ncccc1F. The van der Waals surface area contributed by atoms with Crippen LogP contribution in [-0.4, -0.2) is 11.0 Å². The van der Waals surface area contributed by atoms with E-state index in [1.54, 1.807) is 12.3 Å². The van der Waals surface area contributed by atoms with Gasteiger partial charge in [0.15, 0.2) is 0 Å². The van der Waals surface area contributed by atoms with E-state index in [1.165, 1.54) is 6.07 Å². The molecule has 1 aromatic heterocycles. The molecule has 1 aromatic rings. The smallest absolute Gasteiger partial charge is 0.145 e. The molecule has 0 aliphatic heterocycles. The highest BCUT2D eigenvalue weighted by Gasteiger charge is 2.17. The molecule has 1 heterocycles. The van der Waals surface area contributed by atoms with Crippen molar-refractivity contribution in [2.45, 2.75) is 32.2 Å². The Bertz CT molecular complexity index is 275. The van der Waals surface area contributed by atoms with Crippen molar-refractivity contribution in [1.82, 2.24) is 4.98 Å². The van der Waals surface area contributed by atoms with Crippen molar-refractivity contribution in [3.8, 4) is 0 Å². The first-order valence-electron chi connectivity index (χ1n) is 4.52. The summed E-state index contributed by atoms with van der Waals surface area (Å²) in [4.78, 5) is 3.99. The van der Waals surface area contributed by atoms with E-state index < -0.39 is 0 Å². The Morgan fingerprint density at radius 1 is 1.62 bits per heavy atom. The van der Waals surface area contributed by atoms with Gasteiger partial charge in [-0.1, -0.05) is 13.8 Å². The summed E-state index contributed by atoms with van der Waals surface area (Å²) < 4.78 is 13.2. The van der Waals surface area contributed by atoms with Crippen molar-refractivity contribution >= 4 is 0 Å². The van der Waals surface area contributed by atoms with Gasteiger partial charge in [-0.25, -0.2) is 4.39 Å². The molecule has 0 aromatic carbocycles. The molecule has 2 unspecified atom stereocenters. The number of pyridine rings is 1. The summed E-state index contributed by atoms with van der Waals surface area (Å²) in [5.74, 6) is -0.287. The van der Waals surface area contributed by atoms with Crippen LogP contribution in [0.1, 0.15) is 31.9 Å². The van der Waals surface area contributed by atoms with E-state index >= 15 is 0 Å². The number of nitrogens with two attached hydrogens (primary N) is 1. The summed E-state index contributed by atoms with van der Waals surface area (Å²) in [5.41, 5.74) is 6.28. The monoisotopic (exact) mass is 182 g/mol.